The Hall–Kier alpha value is -0.610. The van der Waals surface area contributed by atoms with Gasteiger partial charge in [-0.3, -0.25) is 9.69 Å². The van der Waals surface area contributed by atoms with E-state index >= 15 is 0 Å². The highest BCUT2D eigenvalue weighted by molar-refractivity contribution is 5.86. The Morgan fingerprint density at radius 2 is 1.78 bits per heavy atom. The average Bonchev–Trinajstić information content (AvgIpc) is 2.77. The summed E-state index contributed by atoms with van der Waals surface area (Å²) in [5.74, 6) is 0.189. The van der Waals surface area contributed by atoms with E-state index in [-0.39, 0.29) is 11.4 Å². The number of carbonyl (C=O) groups excluding carboxylic acids is 1. The first-order valence-electron chi connectivity index (χ1n) is 7.22. The summed E-state index contributed by atoms with van der Waals surface area (Å²) < 4.78 is 0. The van der Waals surface area contributed by atoms with Crippen LogP contribution in [-0.4, -0.2) is 48.1 Å². The third kappa shape index (κ3) is 2.86. The fourth-order valence-electron chi connectivity index (χ4n) is 3.07. The van der Waals surface area contributed by atoms with Crippen LogP contribution in [0.3, 0.4) is 0 Å². The summed E-state index contributed by atoms with van der Waals surface area (Å²) in [6.07, 6.45) is 4.72. The predicted octanol–water partition coefficient (Wildman–Crippen LogP) is 1.12. The third-order valence-electron chi connectivity index (χ3n) is 4.59. The van der Waals surface area contributed by atoms with Gasteiger partial charge in [0.2, 0.25) is 5.91 Å². The summed E-state index contributed by atoms with van der Waals surface area (Å²) >= 11 is 0. The molecule has 0 spiro atoms. The molecule has 0 aromatic rings. The Kier molecular flexibility index (Phi) is 3.97. The maximum Gasteiger partial charge on any atom is 0.240 e. The number of hydrogen-bond acceptors (Lipinski definition) is 3. The van der Waals surface area contributed by atoms with E-state index in [1.165, 1.54) is 12.8 Å². The van der Waals surface area contributed by atoms with Gasteiger partial charge in [0.1, 0.15) is 0 Å². The molecule has 0 aromatic carbocycles. The van der Waals surface area contributed by atoms with Crippen molar-refractivity contribution in [3.63, 3.8) is 0 Å². The Morgan fingerprint density at radius 3 is 2.33 bits per heavy atom. The summed E-state index contributed by atoms with van der Waals surface area (Å²) in [5.41, 5.74) is -0.365. The number of nitrogens with zero attached hydrogens (tertiary/aromatic N) is 1. The van der Waals surface area contributed by atoms with E-state index in [2.05, 4.69) is 22.5 Å². The Labute approximate surface area is 110 Å². The van der Waals surface area contributed by atoms with E-state index in [1.54, 1.807) is 0 Å². The zero-order valence-electron chi connectivity index (χ0n) is 12.0. The van der Waals surface area contributed by atoms with Crippen LogP contribution in [-0.2, 0) is 4.79 Å². The van der Waals surface area contributed by atoms with Gasteiger partial charge in [0.25, 0.3) is 0 Å². The third-order valence-corrected chi connectivity index (χ3v) is 4.59. The van der Waals surface area contributed by atoms with Crippen molar-refractivity contribution in [2.75, 3.05) is 26.2 Å². The number of amides is 1. The predicted molar refractivity (Wildman–Crippen MR) is 73.5 cm³/mol. The van der Waals surface area contributed by atoms with Crippen molar-refractivity contribution in [3.05, 3.63) is 0 Å². The van der Waals surface area contributed by atoms with E-state index in [1.807, 2.05) is 13.8 Å². The molecule has 0 bridgehead atoms. The van der Waals surface area contributed by atoms with E-state index < -0.39 is 5.54 Å². The highest BCUT2D eigenvalue weighted by atomic mass is 16.2. The highest BCUT2D eigenvalue weighted by Gasteiger charge is 2.39. The van der Waals surface area contributed by atoms with Gasteiger partial charge in [-0.05, 0) is 33.6 Å². The van der Waals surface area contributed by atoms with Crippen molar-refractivity contribution in [3.8, 4) is 0 Å². The van der Waals surface area contributed by atoms with E-state index in [4.69, 9.17) is 0 Å². The lowest BCUT2D eigenvalue weighted by Crippen LogP contribution is -2.62. The first-order chi connectivity index (χ1) is 8.44. The quantitative estimate of drug-likeness (QED) is 0.792. The maximum atomic E-state index is 12.6. The Balaban J connectivity index is 1.97. The number of hydrogen-bond donors (Lipinski definition) is 2. The van der Waals surface area contributed by atoms with Gasteiger partial charge in [0.15, 0.2) is 0 Å². The summed E-state index contributed by atoms with van der Waals surface area (Å²) in [5, 5.41) is 6.62. The second-order valence-electron chi connectivity index (χ2n) is 6.52. The van der Waals surface area contributed by atoms with E-state index in [0.29, 0.717) is 0 Å². The molecule has 2 fully saturated rings. The van der Waals surface area contributed by atoms with Gasteiger partial charge in [-0.2, -0.15) is 0 Å². The fraction of sp³-hybridized carbons (Fsp3) is 0.929. The smallest absolute Gasteiger partial charge is 0.240 e. The molecular formula is C14H27N3O. The van der Waals surface area contributed by atoms with Crippen LogP contribution in [0.1, 0.15) is 46.5 Å². The second-order valence-corrected chi connectivity index (χ2v) is 6.52. The SMILES string of the molecule is CC1(NC(=O)C(C)(C)N2CCNCC2)CCCC1. The lowest BCUT2D eigenvalue weighted by atomic mass is 9.95. The highest BCUT2D eigenvalue weighted by Crippen LogP contribution is 2.30. The van der Waals surface area contributed by atoms with Crippen LogP contribution in [0.15, 0.2) is 0 Å². The molecule has 104 valence electrons. The minimum Gasteiger partial charge on any atom is -0.349 e. The number of nitrogens with one attached hydrogen (secondary N) is 2. The monoisotopic (exact) mass is 253 g/mol. The minimum absolute atomic E-state index is 0.0301. The van der Waals surface area contributed by atoms with Gasteiger partial charge >= 0.3 is 0 Å². The zero-order valence-corrected chi connectivity index (χ0v) is 12.0. The Bertz CT molecular complexity index is 302. The van der Waals surface area contributed by atoms with Crippen molar-refractivity contribution >= 4 is 5.91 Å². The topological polar surface area (TPSA) is 44.4 Å². The van der Waals surface area contributed by atoms with Gasteiger partial charge in [0, 0.05) is 31.7 Å². The summed E-state index contributed by atoms with van der Waals surface area (Å²) in [4.78, 5) is 14.8. The first-order valence-corrected chi connectivity index (χ1v) is 7.22. The molecular weight excluding hydrogens is 226 g/mol. The van der Waals surface area contributed by atoms with Crippen LogP contribution in [0.25, 0.3) is 0 Å². The standard InChI is InChI=1S/C14H27N3O/c1-13(2,17-10-8-15-9-11-17)12(18)16-14(3)6-4-5-7-14/h15H,4-11H2,1-3H3,(H,16,18). The molecule has 2 aliphatic rings. The molecule has 1 saturated heterocycles. The first kappa shape index (κ1) is 13.8. The van der Waals surface area contributed by atoms with Crippen LogP contribution < -0.4 is 10.6 Å². The molecule has 0 radical (unpaired) electrons. The lowest BCUT2D eigenvalue weighted by Gasteiger charge is -2.41. The number of rotatable bonds is 3. The van der Waals surface area contributed by atoms with E-state index in [0.717, 1.165) is 39.0 Å². The fourth-order valence-corrected chi connectivity index (χ4v) is 3.07. The number of piperazine rings is 1. The molecule has 2 rings (SSSR count). The maximum absolute atomic E-state index is 12.6. The minimum atomic E-state index is -0.395. The van der Waals surface area contributed by atoms with Crippen molar-refractivity contribution in [2.45, 2.75) is 57.5 Å². The summed E-state index contributed by atoms with van der Waals surface area (Å²) in [6.45, 7) is 10.2. The van der Waals surface area contributed by atoms with Gasteiger partial charge in [-0.15, -0.1) is 0 Å². The molecule has 0 atom stereocenters. The molecule has 2 N–H and O–H groups in total. The molecule has 1 amide bonds. The molecule has 1 heterocycles. The molecule has 4 heteroatoms. The lowest BCUT2D eigenvalue weighted by molar-refractivity contribution is -0.134. The van der Waals surface area contributed by atoms with Gasteiger partial charge < -0.3 is 10.6 Å². The van der Waals surface area contributed by atoms with Gasteiger partial charge in [0.05, 0.1) is 5.54 Å². The molecule has 0 unspecified atom stereocenters. The van der Waals surface area contributed by atoms with Crippen LogP contribution in [0, 0.1) is 0 Å². The van der Waals surface area contributed by atoms with Crippen molar-refractivity contribution in [1.82, 2.24) is 15.5 Å². The molecule has 18 heavy (non-hydrogen) atoms. The Morgan fingerprint density at radius 1 is 1.22 bits per heavy atom. The van der Waals surface area contributed by atoms with Crippen molar-refractivity contribution in [2.24, 2.45) is 0 Å². The largest absolute Gasteiger partial charge is 0.349 e. The molecule has 1 aliphatic carbocycles. The molecule has 1 saturated carbocycles. The van der Waals surface area contributed by atoms with Crippen molar-refractivity contribution in [1.29, 1.82) is 0 Å². The average molecular weight is 253 g/mol. The normalized spacial score (nSPS) is 25.1. The molecule has 4 nitrogen and oxygen atoms in total. The van der Waals surface area contributed by atoms with Crippen LogP contribution >= 0.6 is 0 Å². The number of carbonyl (C=O) groups is 1. The summed E-state index contributed by atoms with van der Waals surface area (Å²) in [7, 11) is 0. The summed E-state index contributed by atoms with van der Waals surface area (Å²) in [6, 6.07) is 0. The molecule has 1 aliphatic heterocycles. The zero-order chi connectivity index (χ0) is 13.2. The van der Waals surface area contributed by atoms with Crippen LogP contribution in [0.5, 0.6) is 0 Å². The van der Waals surface area contributed by atoms with Gasteiger partial charge in [-0.25, -0.2) is 0 Å². The van der Waals surface area contributed by atoms with E-state index in [9.17, 15) is 4.79 Å². The van der Waals surface area contributed by atoms with Crippen LogP contribution in [0.2, 0.25) is 0 Å². The second kappa shape index (κ2) is 5.17. The van der Waals surface area contributed by atoms with Crippen molar-refractivity contribution < 1.29 is 4.79 Å². The van der Waals surface area contributed by atoms with Gasteiger partial charge in [-0.1, -0.05) is 12.8 Å². The molecule has 0 aromatic heterocycles. The van der Waals surface area contributed by atoms with Crippen LogP contribution in [0.4, 0.5) is 0 Å².